The molecule has 1 aliphatic rings. The minimum absolute atomic E-state index is 0.0337. The van der Waals surface area contributed by atoms with E-state index in [-0.39, 0.29) is 24.1 Å². The molecule has 110 valence electrons. The molecule has 0 fully saturated rings. The summed E-state index contributed by atoms with van der Waals surface area (Å²) in [5, 5.41) is 6.14. The number of benzene rings is 1. The normalized spacial score (nSPS) is 18.6. The van der Waals surface area contributed by atoms with Crippen LogP contribution >= 0.6 is 0 Å². The third-order valence-corrected chi connectivity index (χ3v) is 3.43. The van der Waals surface area contributed by atoms with Crippen molar-refractivity contribution in [2.45, 2.75) is 52.3 Å². The van der Waals surface area contributed by atoms with Gasteiger partial charge in [0, 0.05) is 19.0 Å². The number of carbonyl (C=O) groups excluding carboxylic acids is 1. The summed E-state index contributed by atoms with van der Waals surface area (Å²) in [6, 6.07) is 6.23. The van der Waals surface area contributed by atoms with Crippen LogP contribution in [0.1, 0.15) is 31.9 Å². The van der Waals surface area contributed by atoms with Gasteiger partial charge in [0.25, 0.3) is 0 Å². The summed E-state index contributed by atoms with van der Waals surface area (Å²) in [5.74, 6) is 1.01. The molecule has 1 amide bonds. The van der Waals surface area contributed by atoms with Gasteiger partial charge in [-0.3, -0.25) is 4.79 Å². The number of aryl methyl sites for hydroxylation is 1. The fraction of sp³-hybridized carbons (Fsp3) is 0.562. The van der Waals surface area contributed by atoms with Crippen LogP contribution in [0.2, 0.25) is 0 Å². The van der Waals surface area contributed by atoms with E-state index in [9.17, 15) is 4.79 Å². The van der Waals surface area contributed by atoms with Gasteiger partial charge in [0.1, 0.15) is 11.9 Å². The second-order valence-electron chi connectivity index (χ2n) is 5.85. The second-order valence-corrected chi connectivity index (χ2v) is 5.85. The highest BCUT2D eigenvalue weighted by Crippen LogP contribution is 2.29. The van der Waals surface area contributed by atoms with Crippen LogP contribution < -0.4 is 15.4 Å². The summed E-state index contributed by atoms with van der Waals surface area (Å²) in [4.78, 5) is 11.8. The van der Waals surface area contributed by atoms with Gasteiger partial charge >= 0.3 is 0 Å². The van der Waals surface area contributed by atoms with Gasteiger partial charge in [0.15, 0.2) is 0 Å². The Kier molecular flexibility index (Phi) is 4.65. The quantitative estimate of drug-likeness (QED) is 0.862. The van der Waals surface area contributed by atoms with Crippen LogP contribution in [0.25, 0.3) is 0 Å². The van der Waals surface area contributed by atoms with E-state index in [0.717, 1.165) is 12.2 Å². The summed E-state index contributed by atoms with van der Waals surface area (Å²) in [6.07, 6.45) is 1.02. The summed E-state index contributed by atoms with van der Waals surface area (Å²) in [5.41, 5.74) is 2.52. The van der Waals surface area contributed by atoms with Gasteiger partial charge in [0.2, 0.25) is 5.91 Å². The molecule has 0 aromatic heterocycles. The SMILES string of the molecule is Cc1ccc2c(c1)CC(CNC(C)C(=O)NC(C)C)O2. The number of rotatable bonds is 5. The Bertz CT molecular complexity index is 485. The van der Waals surface area contributed by atoms with Crippen LogP contribution in [0, 0.1) is 6.92 Å². The van der Waals surface area contributed by atoms with Gasteiger partial charge < -0.3 is 15.4 Å². The number of ether oxygens (including phenoxy) is 1. The maximum atomic E-state index is 11.8. The van der Waals surface area contributed by atoms with Crippen LogP contribution in [0.3, 0.4) is 0 Å². The van der Waals surface area contributed by atoms with E-state index in [1.165, 1.54) is 11.1 Å². The molecule has 2 unspecified atom stereocenters. The molecular formula is C16H24N2O2. The largest absolute Gasteiger partial charge is 0.488 e. The Balaban J connectivity index is 1.81. The molecule has 2 N–H and O–H groups in total. The van der Waals surface area contributed by atoms with E-state index in [0.29, 0.717) is 6.54 Å². The molecule has 4 nitrogen and oxygen atoms in total. The minimum atomic E-state index is -0.202. The van der Waals surface area contributed by atoms with Gasteiger partial charge in [-0.05, 0) is 39.3 Å². The van der Waals surface area contributed by atoms with Gasteiger partial charge in [0.05, 0.1) is 6.04 Å². The summed E-state index contributed by atoms with van der Waals surface area (Å²) in [7, 11) is 0. The summed E-state index contributed by atoms with van der Waals surface area (Å²) < 4.78 is 5.88. The van der Waals surface area contributed by atoms with E-state index in [1.54, 1.807) is 0 Å². The first-order valence-electron chi connectivity index (χ1n) is 7.25. The predicted molar refractivity (Wildman–Crippen MR) is 80.0 cm³/mol. The molecule has 0 radical (unpaired) electrons. The molecule has 0 saturated heterocycles. The van der Waals surface area contributed by atoms with Crippen molar-refractivity contribution in [1.82, 2.24) is 10.6 Å². The average molecular weight is 276 g/mol. The smallest absolute Gasteiger partial charge is 0.237 e. The summed E-state index contributed by atoms with van der Waals surface area (Å²) in [6.45, 7) is 8.57. The Hall–Kier alpha value is -1.55. The Morgan fingerprint density at radius 3 is 2.85 bits per heavy atom. The molecule has 1 aliphatic heterocycles. The predicted octanol–water partition coefficient (Wildman–Crippen LogP) is 1.80. The lowest BCUT2D eigenvalue weighted by molar-refractivity contribution is -0.123. The van der Waals surface area contributed by atoms with Crippen LogP contribution in [-0.4, -0.2) is 30.6 Å². The minimum Gasteiger partial charge on any atom is -0.488 e. The molecule has 2 atom stereocenters. The maximum Gasteiger partial charge on any atom is 0.237 e. The van der Waals surface area contributed by atoms with Gasteiger partial charge in [-0.1, -0.05) is 17.7 Å². The third kappa shape index (κ3) is 3.73. The van der Waals surface area contributed by atoms with E-state index in [4.69, 9.17) is 4.74 Å². The average Bonchev–Trinajstić information content (AvgIpc) is 2.76. The molecular weight excluding hydrogens is 252 g/mol. The molecule has 1 heterocycles. The van der Waals surface area contributed by atoms with Crippen molar-refractivity contribution in [2.24, 2.45) is 0 Å². The third-order valence-electron chi connectivity index (χ3n) is 3.43. The Labute approximate surface area is 120 Å². The molecule has 1 aromatic rings. The van der Waals surface area contributed by atoms with Gasteiger partial charge in [-0.25, -0.2) is 0 Å². The topological polar surface area (TPSA) is 50.4 Å². The molecule has 0 spiro atoms. The fourth-order valence-corrected chi connectivity index (χ4v) is 2.37. The molecule has 0 aliphatic carbocycles. The first-order chi connectivity index (χ1) is 9.45. The lowest BCUT2D eigenvalue weighted by Gasteiger charge is -2.18. The van der Waals surface area contributed by atoms with E-state index >= 15 is 0 Å². The van der Waals surface area contributed by atoms with Gasteiger partial charge in [-0.2, -0.15) is 0 Å². The number of hydrogen-bond donors (Lipinski definition) is 2. The van der Waals surface area contributed by atoms with Crippen molar-refractivity contribution >= 4 is 5.91 Å². The lowest BCUT2D eigenvalue weighted by Crippen LogP contribution is -2.47. The van der Waals surface area contributed by atoms with E-state index in [2.05, 4.69) is 29.7 Å². The van der Waals surface area contributed by atoms with Crippen molar-refractivity contribution in [3.8, 4) is 5.75 Å². The van der Waals surface area contributed by atoms with Crippen molar-refractivity contribution in [2.75, 3.05) is 6.54 Å². The first-order valence-corrected chi connectivity index (χ1v) is 7.25. The number of fused-ring (bicyclic) bond motifs is 1. The Morgan fingerprint density at radius 2 is 2.15 bits per heavy atom. The standard InChI is InChI=1S/C16H24N2O2/c1-10(2)18-16(19)12(4)17-9-14-8-13-7-11(3)5-6-15(13)20-14/h5-7,10,12,14,17H,8-9H2,1-4H3,(H,18,19). The van der Waals surface area contributed by atoms with Crippen molar-refractivity contribution in [1.29, 1.82) is 0 Å². The molecule has 2 rings (SSSR count). The van der Waals surface area contributed by atoms with Crippen molar-refractivity contribution in [3.63, 3.8) is 0 Å². The highest BCUT2D eigenvalue weighted by Gasteiger charge is 2.24. The first kappa shape index (κ1) is 14.9. The Morgan fingerprint density at radius 1 is 1.40 bits per heavy atom. The van der Waals surface area contributed by atoms with Crippen LogP contribution in [0.5, 0.6) is 5.75 Å². The monoisotopic (exact) mass is 276 g/mol. The number of carbonyl (C=O) groups is 1. The zero-order valence-corrected chi connectivity index (χ0v) is 12.7. The maximum absolute atomic E-state index is 11.8. The van der Waals surface area contributed by atoms with Crippen molar-refractivity contribution in [3.05, 3.63) is 29.3 Å². The van der Waals surface area contributed by atoms with Crippen LogP contribution in [-0.2, 0) is 11.2 Å². The fourth-order valence-electron chi connectivity index (χ4n) is 2.37. The van der Waals surface area contributed by atoms with Crippen LogP contribution in [0.15, 0.2) is 18.2 Å². The molecule has 0 saturated carbocycles. The molecule has 20 heavy (non-hydrogen) atoms. The highest BCUT2D eigenvalue weighted by atomic mass is 16.5. The van der Waals surface area contributed by atoms with Crippen molar-refractivity contribution < 1.29 is 9.53 Å². The lowest BCUT2D eigenvalue weighted by atomic mass is 10.1. The number of amides is 1. The van der Waals surface area contributed by atoms with Crippen LogP contribution in [0.4, 0.5) is 0 Å². The highest BCUT2D eigenvalue weighted by molar-refractivity contribution is 5.81. The van der Waals surface area contributed by atoms with E-state index in [1.807, 2.05) is 26.8 Å². The molecule has 1 aromatic carbocycles. The molecule has 4 heteroatoms. The summed E-state index contributed by atoms with van der Waals surface area (Å²) >= 11 is 0. The van der Waals surface area contributed by atoms with Gasteiger partial charge in [-0.15, -0.1) is 0 Å². The number of nitrogens with one attached hydrogen (secondary N) is 2. The second kappa shape index (κ2) is 6.27. The zero-order valence-electron chi connectivity index (χ0n) is 12.7. The number of hydrogen-bond acceptors (Lipinski definition) is 3. The molecule has 0 bridgehead atoms. The van der Waals surface area contributed by atoms with E-state index < -0.39 is 0 Å². The zero-order chi connectivity index (χ0) is 14.7.